The van der Waals surface area contributed by atoms with Gasteiger partial charge in [-0.15, -0.1) is 0 Å². The fourth-order valence-corrected chi connectivity index (χ4v) is 3.67. The molecule has 152 valence electrons. The number of nitrogens with zero attached hydrogens (tertiary/aromatic N) is 1. The average Bonchev–Trinajstić information content (AvgIpc) is 2.70. The van der Waals surface area contributed by atoms with Crippen LogP contribution < -0.4 is 10.6 Å². The molecule has 6 nitrogen and oxygen atoms in total. The highest BCUT2D eigenvalue weighted by Crippen LogP contribution is 2.28. The van der Waals surface area contributed by atoms with Gasteiger partial charge in [0.1, 0.15) is 5.82 Å². The zero-order valence-corrected chi connectivity index (χ0v) is 17.5. The molecule has 2 N–H and O–H groups in total. The predicted molar refractivity (Wildman–Crippen MR) is 112 cm³/mol. The minimum absolute atomic E-state index is 0.216. The van der Waals surface area contributed by atoms with Gasteiger partial charge in [-0.2, -0.15) is 0 Å². The predicted octanol–water partition coefficient (Wildman–Crippen LogP) is 4.04. The Morgan fingerprint density at radius 2 is 1.79 bits per heavy atom. The summed E-state index contributed by atoms with van der Waals surface area (Å²) in [7, 11) is 0. The van der Waals surface area contributed by atoms with Crippen molar-refractivity contribution >= 4 is 45.0 Å². The van der Waals surface area contributed by atoms with E-state index in [9.17, 15) is 18.8 Å². The normalized spacial score (nSPS) is 16.2. The lowest BCUT2D eigenvalue weighted by molar-refractivity contribution is -0.121. The summed E-state index contributed by atoms with van der Waals surface area (Å²) in [6, 6.07) is 10.6. The molecule has 3 amide bonds. The molecule has 2 aromatic carbocycles. The molecule has 1 unspecified atom stereocenters. The van der Waals surface area contributed by atoms with Crippen LogP contribution in [0.5, 0.6) is 0 Å². The maximum absolute atomic E-state index is 13.1. The molecule has 1 fully saturated rings. The second-order valence-electron chi connectivity index (χ2n) is 6.96. The molecular formula is C21H21BrFN3O3. The van der Waals surface area contributed by atoms with E-state index in [1.54, 1.807) is 23.1 Å². The topological polar surface area (TPSA) is 78.5 Å². The first-order valence-electron chi connectivity index (χ1n) is 9.26. The van der Waals surface area contributed by atoms with Crippen LogP contribution >= 0.6 is 15.9 Å². The van der Waals surface area contributed by atoms with Crippen LogP contribution in [0.3, 0.4) is 0 Å². The molecular weight excluding hydrogens is 441 g/mol. The molecule has 1 atom stereocenters. The van der Waals surface area contributed by atoms with Gasteiger partial charge < -0.3 is 15.5 Å². The summed E-state index contributed by atoms with van der Waals surface area (Å²) >= 11 is 3.36. The van der Waals surface area contributed by atoms with Crippen LogP contribution in [0.4, 0.5) is 15.8 Å². The highest BCUT2D eigenvalue weighted by Gasteiger charge is 2.29. The van der Waals surface area contributed by atoms with E-state index in [4.69, 9.17) is 0 Å². The summed E-state index contributed by atoms with van der Waals surface area (Å²) in [5, 5.41) is 5.55. The Morgan fingerprint density at radius 3 is 2.48 bits per heavy atom. The quantitative estimate of drug-likeness (QED) is 0.720. The fraction of sp³-hybridized carbons (Fsp3) is 0.286. The van der Waals surface area contributed by atoms with Crippen LogP contribution in [0.15, 0.2) is 46.9 Å². The van der Waals surface area contributed by atoms with Crippen molar-refractivity contribution < 1.29 is 18.8 Å². The third kappa shape index (κ3) is 5.41. The van der Waals surface area contributed by atoms with Crippen LogP contribution in [0.25, 0.3) is 0 Å². The van der Waals surface area contributed by atoms with Crippen molar-refractivity contribution in [3.8, 4) is 0 Å². The van der Waals surface area contributed by atoms with Gasteiger partial charge in [-0.3, -0.25) is 14.4 Å². The van der Waals surface area contributed by atoms with E-state index in [0.29, 0.717) is 36.3 Å². The van der Waals surface area contributed by atoms with Crippen LogP contribution in [-0.2, 0) is 9.59 Å². The van der Waals surface area contributed by atoms with Crippen molar-refractivity contribution in [1.29, 1.82) is 0 Å². The Kier molecular flexibility index (Phi) is 6.64. The summed E-state index contributed by atoms with van der Waals surface area (Å²) in [6.45, 7) is 2.23. The molecule has 3 rings (SSSR count). The van der Waals surface area contributed by atoms with E-state index in [1.807, 2.05) is 0 Å². The number of carbonyl (C=O) groups excluding carboxylic acids is 3. The SMILES string of the molecule is CC(=O)Nc1ccc(Br)cc1NC(=O)C1CCCN(C(=O)c2ccc(F)cc2)C1. The maximum atomic E-state index is 13.1. The number of piperidine rings is 1. The zero-order chi connectivity index (χ0) is 21.0. The van der Waals surface area contributed by atoms with E-state index in [1.165, 1.54) is 31.2 Å². The number of rotatable bonds is 4. The minimum atomic E-state index is -0.401. The highest BCUT2D eigenvalue weighted by molar-refractivity contribution is 9.10. The first-order chi connectivity index (χ1) is 13.8. The molecule has 8 heteroatoms. The second kappa shape index (κ2) is 9.17. The number of nitrogens with one attached hydrogen (secondary N) is 2. The van der Waals surface area contributed by atoms with Crippen molar-refractivity contribution in [2.24, 2.45) is 5.92 Å². The van der Waals surface area contributed by atoms with Gasteiger partial charge in [-0.25, -0.2) is 4.39 Å². The second-order valence-corrected chi connectivity index (χ2v) is 7.87. The molecule has 29 heavy (non-hydrogen) atoms. The van der Waals surface area contributed by atoms with Crippen molar-refractivity contribution in [3.05, 3.63) is 58.3 Å². The van der Waals surface area contributed by atoms with E-state index >= 15 is 0 Å². The molecule has 0 radical (unpaired) electrons. The molecule has 0 aromatic heterocycles. The smallest absolute Gasteiger partial charge is 0.253 e. The van der Waals surface area contributed by atoms with Crippen molar-refractivity contribution in [1.82, 2.24) is 4.90 Å². The minimum Gasteiger partial charge on any atom is -0.338 e. The number of amides is 3. The Labute approximate surface area is 176 Å². The van der Waals surface area contributed by atoms with Gasteiger partial charge in [0.2, 0.25) is 11.8 Å². The Bertz CT molecular complexity index is 933. The fourth-order valence-electron chi connectivity index (χ4n) is 3.30. The number of hydrogen-bond acceptors (Lipinski definition) is 3. The molecule has 0 saturated carbocycles. The number of anilines is 2. The molecule has 2 aromatic rings. The summed E-state index contributed by atoms with van der Waals surface area (Å²) < 4.78 is 13.9. The largest absolute Gasteiger partial charge is 0.338 e. The third-order valence-electron chi connectivity index (χ3n) is 4.72. The van der Waals surface area contributed by atoms with Crippen molar-refractivity contribution in [2.75, 3.05) is 23.7 Å². The molecule has 0 bridgehead atoms. The van der Waals surface area contributed by atoms with Gasteiger partial charge in [0, 0.05) is 30.0 Å². The van der Waals surface area contributed by atoms with Crippen LogP contribution in [0, 0.1) is 11.7 Å². The third-order valence-corrected chi connectivity index (χ3v) is 5.21. The molecule has 0 aliphatic carbocycles. The first-order valence-corrected chi connectivity index (χ1v) is 10.1. The molecule has 0 spiro atoms. The van der Waals surface area contributed by atoms with Crippen molar-refractivity contribution in [3.63, 3.8) is 0 Å². The van der Waals surface area contributed by atoms with Crippen LogP contribution in [0.1, 0.15) is 30.1 Å². The standard InChI is InChI=1S/C21H21BrFN3O3/c1-13(27)24-18-9-6-16(22)11-19(18)25-20(28)15-3-2-10-26(12-15)21(29)14-4-7-17(23)8-5-14/h4-9,11,15H,2-3,10,12H2,1H3,(H,24,27)(H,25,28). The number of halogens is 2. The Balaban J connectivity index is 1.70. The average molecular weight is 462 g/mol. The van der Waals surface area contributed by atoms with Gasteiger partial charge in [0.15, 0.2) is 0 Å². The van der Waals surface area contributed by atoms with E-state index < -0.39 is 5.82 Å². The number of carbonyl (C=O) groups is 3. The van der Waals surface area contributed by atoms with Gasteiger partial charge in [-0.1, -0.05) is 15.9 Å². The zero-order valence-electron chi connectivity index (χ0n) is 15.9. The van der Waals surface area contributed by atoms with Crippen LogP contribution in [0.2, 0.25) is 0 Å². The number of likely N-dealkylation sites (tertiary alicyclic amines) is 1. The summed E-state index contributed by atoms with van der Waals surface area (Å²) in [5.74, 6) is -1.45. The monoisotopic (exact) mass is 461 g/mol. The number of benzene rings is 2. The van der Waals surface area contributed by atoms with E-state index in [2.05, 4.69) is 26.6 Å². The van der Waals surface area contributed by atoms with E-state index in [-0.39, 0.29) is 30.2 Å². The Morgan fingerprint density at radius 1 is 1.07 bits per heavy atom. The van der Waals surface area contributed by atoms with Gasteiger partial charge in [0.05, 0.1) is 17.3 Å². The first kappa shape index (κ1) is 21.0. The molecule has 1 heterocycles. The molecule has 1 aliphatic heterocycles. The lowest BCUT2D eigenvalue weighted by atomic mass is 9.96. The summed E-state index contributed by atoms with van der Waals surface area (Å²) in [5.41, 5.74) is 1.39. The lowest BCUT2D eigenvalue weighted by Crippen LogP contribution is -2.43. The summed E-state index contributed by atoms with van der Waals surface area (Å²) in [4.78, 5) is 38.5. The Hall–Kier alpha value is -2.74. The van der Waals surface area contributed by atoms with Crippen molar-refractivity contribution in [2.45, 2.75) is 19.8 Å². The van der Waals surface area contributed by atoms with Gasteiger partial charge in [0.25, 0.3) is 5.91 Å². The van der Waals surface area contributed by atoms with Gasteiger partial charge >= 0.3 is 0 Å². The van der Waals surface area contributed by atoms with Crippen LogP contribution in [-0.4, -0.2) is 35.7 Å². The maximum Gasteiger partial charge on any atom is 0.253 e. The highest BCUT2D eigenvalue weighted by atomic mass is 79.9. The van der Waals surface area contributed by atoms with E-state index in [0.717, 1.165) is 4.47 Å². The number of hydrogen-bond donors (Lipinski definition) is 2. The van der Waals surface area contributed by atoms with Gasteiger partial charge in [-0.05, 0) is 55.3 Å². The molecule has 1 saturated heterocycles. The summed E-state index contributed by atoms with van der Waals surface area (Å²) in [6.07, 6.45) is 1.35. The lowest BCUT2D eigenvalue weighted by Gasteiger charge is -2.32. The molecule has 1 aliphatic rings.